The highest BCUT2D eigenvalue weighted by atomic mass is 16.6. The van der Waals surface area contributed by atoms with Gasteiger partial charge in [-0.1, -0.05) is 222 Å². The first-order valence-electron chi connectivity index (χ1n) is 25.4. The molecule has 1 unspecified atom stereocenters. The van der Waals surface area contributed by atoms with Crippen LogP contribution in [0.25, 0.3) is 0 Å². The minimum absolute atomic E-state index is 0.0782. The molecule has 6 heteroatoms. The molecule has 350 valence electrons. The standard InChI is InChI=1S/C55H94O6/c1-4-7-10-13-16-18-20-21-22-23-24-25-26-27-28-29-30-31-32-33-35-36-39-42-45-48-54(57)60-51-52(50-59-53(56)47-44-41-38-15-12-9-6-3)61-55(58)49-46-43-40-37-34-19-17-14-11-8-5-2/h7,10,16,18,21-22,24-25,27-28,30-31,52H,4-6,8-9,11-15,17,19-20,23,26,29,32-51H2,1-3H3/b10-7-,18-16-,22-21-,25-24-,28-27-,31-30-. The molecule has 0 heterocycles. The van der Waals surface area contributed by atoms with Gasteiger partial charge in [-0.05, 0) is 70.6 Å². The van der Waals surface area contributed by atoms with Crippen molar-refractivity contribution in [3.63, 3.8) is 0 Å². The zero-order chi connectivity index (χ0) is 44.4. The number of unbranched alkanes of at least 4 members (excludes halogenated alkanes) is 22. The van der Waals surface area contributed by atoms with Gasteiger partial charge >= 0.3 is 17.9 Å². The number of esters is 3. The summed E-state index contributed by atoms with van der Waals surface area (Å²) in [6.45, 7) is 6.46. The third-order valence-corrected chi connectivity index (χ3v) is 10.7. The number of allylic oxidation sites excluding steroid dienone is 12. The van der Waals surface area contributed by atoms with Crippen molar-refractivity contribution in [3.05, 3.63) is 72.9 Å². The maximum Gasteiger partial charge on any atom is 0.306 e. The number of carbonyl (C=O) groups is 3. The quantitative estimate of drug-likeness (QED) is 0.0263. The topological polar surface area (TPSA) is 78.9 Å². The van der Waals surface area contributed by atoms with Crippen LogP contribution in [0.15, 0.2) is 72.9 Å². The molecule has 0 aliphatic rings. The van der Waals surface area contributed by atoms with Gasteiger partial charge in [-0.2, -0.15) is 0 Å². The average Bonchev–Trinajstić information content (AvgIpc) is 3.26. The predicted octanol–water partition coefficient (Wildman–Crippen LogP) is 16.6. The molecule has 1 atom stereocenters. The van der Waals surface area contributed by atoms with Gasteiger partial charge < -0.3 is 14.2 Å². The van der Waals surface area contributed by atoms with Crippen molar-refractivity contribution >= 4 is 17.9 Å². The van der Waals surface area contributed by atoms with Crippen LogP contribution in [0.5, 0.6) is 0 Å². The molecule has 0 aliphatic heterocycles. The Kier molecular flexibility index (Phi) is 46.9. The minimum atomic E-state index is -0.775. The van der Waals surface area contributed by atoms with E-state index in [0.29, 0.717) is 19.3 Å². The first-order chi connectivity index (χ1) is 30.0. The Hall–Kier alpha value is -3.15. The van der Waals surface area contributed by atoms with Crippen LogP contribution < -0.4 is 0 Å². The molecule has 61 heavy (non-hydrogen) atoms. The summed E-state index contributed by atoms with van der Waals surface area (Å²) in [5, 5.41) is 0. The monoisotopic (exact) mass is 851 g/mol. The summed E-state index contributed by atoms with van der Waals surface area (Å²) in [6.07, 6.45) is 61.9. The smallest absolute Gasteiger partial charge is 0.306 e. The van der Waals surface area contributed by atoms with Gasteiger partial charge in [-0.3, -0.25) is 14.4 Å². The van der Waals surface area contributed by atoms with Crippen molar-refractivity contribution in [1.82, 2.24) is 0 Å². The predicted molar refractivity (Wildman–Crippen MR) is 261 cm³/mol. The summed E-state index contributed by atoms with van der Waals surface area (Å²) in [4.78, 5) is 37.7. The second kappa shape index (κ2) is 49.5. The van der Waals surface area contributed by atoms with E-state index in [-0.39, 0.29) is 31.1 Å². The van der Waals surface area contributed by atoms with Gasteiger partial charge in [-0.25, -0.2) is 0 Å². The average molecular weight is 851 g/mol. The zero-order valence-electron chi connectivity index (χ0n) is 39.9. The first kappa shape index (κ1) is 57.9. The van der Waals surface area contributed by atoms with Gasteiger partial charge in [0.2, 0.25) is 0 Å². The molecule has 0 fully saturated rings. The van der Waals surface area contributed by atoms with Gasteiger partial charge in [0.05, 0.1) is 0 Å². The maximum atomic E-state index is 12.7. The fourth-order valence-corrected chi connectivity index (χ4v) is 6.92. The first-order valence-corrected chi connectivity index (χ1v) is 25.4. The van der Waals surface area contributed by atoms with Crippen LogP contribution in [0.3, 0.4) is 0 Å². The summed E-state index contributed by atoms with van der Waals surface area (Å²) in [7, 11) is 0. The lowest BCUT2D eigenvalue weighted by Gasteiger charge is -2.18. The Morgan fingerprint density at radius 2 is 0.639 bits per heavy atom. The van der Waals surface area contributed by atoms with E-state index < -0.39 is 6.10 Å². The van der Waals surface area contributed by atoms with Crippen LogP contribution in [-0.2, 0) is 28.6 Å². The largest absolute Gasteiger partial charge is 0.462 e. The normalized spacial score (nSPS) is 12.6. The molecule has 0 radical (unpaired) electrons. The van der Waals surface area contributed by atoms with E-state index in [0.717, 1.165) is 103 Å². The fraction of sp³-hybridized carbons (Fsp3) is 0.727. The molecule has 0 aliphatic carbocycles. The van der Waals surface area contributed by atoms with Gasteiger partial charge in [-0.15, -0.1) is 0 Å². The van der Waals surface area contributed by atoms with Gasteiger partial charge in [0.15, 0.2) is 6.10 Å². The van der Waals surface area contributed by atoms with E-state index >= 15 is 0 Å². The molecule has 0 bridgehead atoms. The van der Waals surface area contributed by atoms with Crippen LogP contribution in [0.1, 0.15) is 239 Å². The van der Waals surface area contributed by atoms with E-state index in [1.807, 2.05) is 0 Å². The molecule has 0 aromatic carbocycles. The van der Waals surface area contributed by atoms with E-state index in [1.54, 1.807) is 0 Å². The van der Waals surface area contributed by atoms with Crippen molar-refractivity contribution < 1.29 is 28.6 Å². The number of hydrogen-bond donors (Lipinski definition) is 0. The lowest BCUT2D eigenvalue weighted by Crippen LogP contribution is -2.30. The highest BCUT2D eigenvalue weighted by molar-refractivity contribution is 5.71. The Morgan fingerprint density at radius 1 is 0.344 bits per heavy atom. The summed E-state index contributed by atoms with van der Waals surface area (Å²) < 4.78 is 16.7. The van der Waals surface area contributed by atoms with Crippen LogP contribution in [0, 0.1) is 0 Å². The third kappa shape index (κ3) is 47.7. The molecule has 6 nitrogen and oxygen atoms in total. The Labute approximate surface area is 376 Å². The highest BCUT2D eigenvalue weighted by Crippen LogP contribution is 2.14. The number of hydrogen-bond acceptors (Lipinski definition) is 6. The van der Waals surface area contributed by atoms with E-state index in [2.05, 4.69) is 93.7 Å². The van der Waals surface area contributed by atoms with Crippen LogP contribution >= 0.6 is 0 Å². The fourth-order valence-electron chi connectivity index (χ4n) is 6.92. The van der Waals surface area contributed by atoms with E-state index in [1.165, 1.54) is 96.3 Å². The number of carbonyl (C=O) groups excluding carboxylic acids is 3. The SMILES string of the molecule is CC/C=C\C/C=C\C/C=C\C/C=C\C/C=C\C/C=C\CCCCCCCCC(=O)OCC(COC(=O)CCCCCCCCC)OC(=O)CCCCCCCCCCCCC. The molecular weight excluding hydrogens is 757 g/mol. The van der Waals surface area contributed by atoms with Crippen LogP contribution in [-0.4, -0.2) is 37.2 Å². The van der Waals surface area contributed by atoms with E-state index in [4.69, 9.17) is 14.2 Å². The molecule has 0 amide bonds. The molecular formula is C55H94O6. The molecule has 0 aromatic rings. The molecule has 0 rings (SSSR count). The number of ether oxygens (including phenoxy) is 3. The van der Waals surface area contributed by atoms with Crippen molar-refractivity contribution in [3.8, 4) is 0 Å². The summed E-state index contributed by atoms with van der Waals surface area (Å²) in [5.41, 5.74) is 0. The molecule has 0 saturated heterocycles. The van der Waals surface area contributed by atoms with Crippen LogP contribution in [0.2, 0.25) is 0 Å². The van der Waals surface area contributed by atoms with Crippen LogP contribution in [0.4, 0.5) is 0 Å². The van der Waals surface area contributed by atoms with Gasteiger partial charge in [0, 0.05) is 19.3 Å². The van der Waals surface area contributed by atoms with Crippen molar-refractivity contribution in [2.75, 3.05) is 13.2 Å². The van der Waals surface area contributed by atoms with Gasteiger partial charge in [0.25, 0.3) is 0 Å². The second-order valence-corrected chi connectivity index (χ2v) is 16.7. The molecule has 0 N–H and O–H groups in total. The molecule has 0 spiro atoms. The third-order valence-electron chi connectivity index (χ3n) is 10.7. The zero-order valence-corrected chi connectivity index (χ0v) is 39.9. The maximum absolute atomic E-state index is 12.7. The minimum Gasteiger partial charge on any atom is -0.462 e. The Balaban J connectivity index is 4.21. The second-order valence-electron chi connectivity index (χ2n) is 16.7. The van der Waals surface area contributed by atoms with E-state index in [9.17, 15) is 14.4 Å². The van der Waals surface area contributed by atoms with Crippen molar-refractivity contribution in [2.24, 2.45) is 0 Å². The molecule has 0 aromatic heterocycles. The summed E-state index contributed by atoms with van der Waals surface area (Å²) >= 11 is 0. The number of rotatable bonds is 45. The van der Waals surface area contributed by atoms with Crippen molar-refractivity contribution in [1.29, 1.82) is 0 Å². The Morgan fingerprint density at radius 3 is 1.00 bits per heavy atom. The summed E-state index contributed by atoms with van der Waals surface area (Å²) in [6, 6.07) is 0. The Bertz CT molecular complexity index is 1160. The lowest BCUT2D eigenvalue weighted by molar-refractivity contribution is -0.167. The molecule has 0 saturated carbocycles. The van der Waals surface area contributed by atoms with Gasteiger partial charge in [0.1, 0.15) is 13.2 Å². The van der Waals surface area contributed by atoms with Crippen molar-refractivity contribution in [2.45, 2.75) is 245 Å². The lowest BCUT2D eigenvalue weighted by atomic mass is 10.1. The highest BCUT2D eigenvalue weighted by Gasteiger charge is 2.19. The summed E-state index contributed by atoms with van der Waals surface area (Å²) in [5.74, 6) is -0.900.